The van der Waals surface area contributed by atoms with Crippen molar-refractivity contribution < 1.29 is 4.79 Å². The van der Waals surface area contributed by atoms with Crippen LogP contribution in [0.25, 0.3) is 0 Å². The Morgan fingerprint density at radius 2 is 1.69 bits per heavy atom. The van der Waals surface area contributed by atoms with E-state index in [1.165, 1.54) is 45.2 Å². The number of hydrogen-bond donors (Lipinski definition) is 1. The van der Waals surface area contributed by atoms with Crippen LogP contribution in [-0.2, 0) is 4.79 Å². The maximum atomic E-state index is 10.6. The van der Waals surface area contributed by atoms with Gasteiger partial charge in [-0.15, -0.1) is 0 Å². The van der Waals surface area contributed by atoms with Crippen LogP contribution in [0.2, 0.25) is 0 Å². The lowest BCUT2D eigenvalue weighted by molar-refractivity contribution is -0.110. The van der Waals surface area contributed by atoms with E-state index in [2.05, 4.69) is 24.1 Å². The molecule has 1 aliphatic rings. The molecule has 0 unspecified atom stereocenters. The number of rotatable bonds is 5. The van der Waals surface area contributed by atoms with Crippen LogP contribution >= 0.6 is 0 Å². The molecule has 94 valence electrons. The van der Waals surface area contributed by atoms with Crippen LogP contribution in [0.15, 0.2) is 0 Å². The van der Waals surface area contributed by atoms with Crippen LogP contribution in [0.5, 0.6) is 0 Å². The molecule has 0 aromatic carbocycles. The van der Waals surface area contributed by atoms with Crippen molar-refractivity contribution in [3.63, 3.8) is 0 Å². The molecule has 1 saturated heterocycles. The quantitative estimate of drug-likeness (QED) is 0.727. The van der Waals surface area contributed by atoms with Crippen molar-refractivity contribution in [3.05, 3.63) is 0 Å². The van der Waals surface area contributed by atoms with Crippen molar-refractivity contribution in [3.8, 4) is 0 Å². The molecule has 0 aromatic heterocycles. The Hall–Kier alpha value is -0.570. The first-order valence-electron chi connectivity index (χ1n) is 6.66. The Morgan fingerprint density at radius 1 is 1.12 bits per heavy atom. The van der Waals surface area contributed by atoms with Crippen molar-refractivity contribution in [1.82, 2.24) is 10.2 Å². The normalized spacial score (nSPS) is 21.2. The van der Waals surface area contributed by atoms with Crippen LogP contribution in [0.1, 0.15) is 46.0 Å². The van der Waals surface area contributed by atoms with Gasteiger partial charge in [0, 0.05) is 12.6 Å². The molecule has 1 heterocycles. The van der Waals surface area contributed by atoms with Gasteiger partial charge >= 0.3 is 0 Å². The monoisotopic (exact) mass is 226 g/mol. The molecule has 1 atom stereocenters. The number of hydrogen-bond acceptors (Lipinski definition) is 2. The highest BCUT2D eigenvalue weighted by Crippen LogP contribution is 2.12. The minimum atomic E-state index is 0.303. The number of nitrogens with zero attached hydrogens (tertiary/aromatic N) is 1. The van der Waals surface area contributed by atoms with Crippen LogP contribution in [0, 0.1) is 5.92 Å². The van der Waals surface area contributed by atoms with E-state index >= 15 is 0 Å². The summed E-state index contributed by atoms with van der Waals surface area (Å²) in [5, 5.41) is 2.94. The van der Waals surface area contributed by atoms with Crippen molar-refractivity contribution in [2.45, 2.75) is 52.0 Å². The maximum absolute atomic E-state index is 10.6. The van der Waals surface area contributed by atoms with Crippen LogP contribution in [0.4, 0.5) is 0 Å². The standard InChI is InChI=1S/C13H26N2O/c1-12(2)13(14-11-16)10-15-8-6-4-3-5-7-9-15/h11-13H,3-10H2,1-2H3,(H,14,16)/t13-/m1/s1. The van der Waals surface area contributed by atoms with Crippen molar-refractivity contribution in [2.24, 2.45) is 5.92 Å². The molecular weight excluding hydrogens is 200 g/mol. The first-order valence-corrected chi connectivity index (χ1v) is 6.66. The highest BCUT2D eigenvalue weighted by molar-refractivity contribution is 5.46. The molecule has 0 spiro atoms. The molecular formula is C13H26N2O. The zero-order valence-electron chi connectivity index (χ0n) is 10.7. The molecule has 1 amide bonds. The summed E-state index contributed by atoms with van der Waals surface area (Å²) in [4.78, 5) is 13.1. The van der Waals surface area contributed by atoms with E-state index in [4.69, 9.17) is 0 Å². The largest absolute Gasteiger partial charge is 0.354 e. The highest BCUT2D eigenvalue weighted by Gasteiger charge is 2.17. The Kier molecular flexibility index (Phi) is 6.46. The van der Waals surface area contributed by atoms with Gasteiger partial charge in [-0.3, -0.25) is 4.79 Å². The lowest BCUT2D eigenvalue weighted by Gasteiger charge is -2.30. The molecule has 0 bridgehead atoms. The third kappa shape index (κ3) is 4.97. The Labute approximate surface area is 99.6 Å². The second-order valence-electron chi connectivity index (χ2n) is 5.20. The fourth-order valence-electron chi connectivity index (χ4n) is 2.32. The highest BCUT2D eigenvalue weighted by atomic mass is 16.1. The van der Waals surface area contributed by atoms with Gasteiger partial charge in [0.25, 0.3) is 0 Å². The number of nitrogens with one attached hydrogen (secondary N) is 1. The summed E-state index contributed by atoms with van der Waals surface area (Å²) in [5.74, 6) is 0.510. The molecule has 3 nitrogen and oxygen atoms in total. The molecule has 0 aliphatic carbocycles. The van der Waals surface area contributed by atoms with Crippen LogP contribution in [0.3, 0.4) is 0 Å². The van der Waals surface area contributed by atoms with Gasteiger partial charge < -0.3 is 10.2 Å². The van der Waals surface area contributed by atoms with Crippen molar-refractivity contribution >= 4 is 6.41 Å². The van der Waals surface area contributed by atoms with Gasteiger partial charge in [0.1, 0.15) is 0 Å². The predicted octanol–water partition coefficient (Wildman–Crippen LogP) is 2.02. The second-order valence-corrected chi connectivity index (χ2v) is 5.20. The number of likely N-dealkylation sites (tertiary alicyclic amines) is 1. The Balaban J connectivity index is 2.37. The van der Waals surface area contributed by atoms with Gasteiger partial charge in [-0.2, -0.15) is 0 Å². The van der Waals surface area contributed by atoms with E-state index in [9.17, 15) is 4.79 Å². The summed E-state index contributed by atoms with van der Waals surface area (Å²) >= 11 is 0. The van der Waals surface area contributed by atoms with Crippen molar-refractivity contribution in [1.29, 1.82) is 0 Å². The maximum Gasteiger partial charge on any atom is 0.207 e. The number of amides is 1. The Bertz CT molecular complexity index is 186. The Morgan fingerprint density at radius 3 is 2.19 bits per heavy atom. The molecule has 1 aliphatic heterocycles. The van der Waals surface area contributed by atoms with Gasteiger partial charge in [0.05, 0.1) is 0 Å². The number of carbonyl (C=O) groups excluding carboxylic acids is 1. The summed E-state index contributed by atoms with van der Waals surface area (Å²) in [5.41, 5.74) is 0. The molecule has 1 rings (SSSR count). The van der Waals surface area contributed by atoms with Gasteiger partial charge in [0.15, 0.2) is 0 Å². The molecule has 0 radical (unpaired) electrons. The summed E-state index contributed by atoms with van der Waals surface area (Å²) in [6.45, 7) is 7.75. The van der Waals surface area contributed by atoms with Gasteiger partial charge in [-0.25, -0.2) is 0 Å². The predicted molar refractivity (Wildman–Crippen MR) is 67.4 cm³/mol. The molecule has 16 heavy (non-hydrogen) atoms. The third-order valence-electron chi connectivity index (χ3n) is 3.49. The molecule has 1 fully saturated rings. The van der Waals surface area contributed by atoms with E-state index in [1.807, 2.05) is 0 Å². The minimum absolute atomic E-state index is 0.303. The van der Waals surface area contributed by atoms with Crippen LogP contribution < -0.4 is 5.32 Å². The average Bonchev–Trinajstić information content (AvgIpc) is 2.20. The van der Waals surface area contributed by atoms with E-state index in [-0.39, 0.29) is 0 Å². The molecule has 1 N–H and O–H groups in total. The smallest absolute Gasteiger partial charge is 0.207 e. The van der Waals surface area contributed by atoms with Crippen LogP contribution in [-0.4, -0.2) is 37.0 Å². The molecule has 0 aromatic rings. The second kappa shape index (κ2) is 7.66. The fraction of sp³-hybridized carbons (Fsp3) is 0.923. The van der Waals surface area contributed by atoms with Crippen molar-refractivity contribution in [2.75, 3.05) is 19.6 Å². The summed E-state index contributed by atoms with van der Waals surface area (Å²) < 4.78 is 0. The van der Waals surface area contributed by atoms with E-state index in [0.29, 0.717) is 12.0 Å². The average molecular weight is 226 g/mol. The zero-order valence-corrected chi connectivity index (χ0v) is 10.7. The lowest BCUT2D eigenvalue weighted by Crippen LogP contribution is -2.44. The summed E-state index contributed by atoms with van der Waals surface area (Å²) in [7, 11) is 0. The van der Waals surface area contributed by atoms with Gasteiger partial charge in [-0.05, 0) is 31.8 Å². The van der Waals surface area contributed by atoms with E-state index < -0.39 is 0 Å². The lowest BCUT2D eigenvalue weighted by atomic mass is 10.0. The fourth-order valence-corrected chi connectivity index (χ4v) is 2.32. The van der Waals surface area contributed by atoms with E-state index in [1.54, 1.807) is 0 Å². The minimum Gasteiger partial charge on any atom is -0.354 e. The number of carbonyl (C=O) groups is 1. The zero-order chi connectivity index (χ0) is 11.8. The summed E-state index contributed by atoms with van der Waals surface area (Å²) in [6, 6.07) is 0.303. The summed E-state index contributed by atoms with van der Waals surface area (Å²) in [6.07, 6.45) is 7.59. The first-order chi connectivity index (χ1) is 7.74. The molecule has 3 heteroatoms. The topological polar surface area (TPSA) is 32.3 Å². The van der Waals surface area contributed by atoms with Gasteiger partial charge in [0.2, 0.25) is 6.41 Å². The SMILES string of the molecule is CC(C)[C@@H](CN1CCCCCCC1)NC=O. The van der Waals surface area contributed by atoms with Gasteiger partial charge in [-0.1, -0.05) is 33.1 Å². The molecule has 0 saturated carbocycles. The third-order valence-corrected chi connectivity index (χ3v) is 3.49. The first kappa shape index (κ1) is 13.5. The van der Waals surface area contributed by atoms with E-state index in [0.717, 1.165) is 13.0 Å².